The highest BCUT2D eigenvalue weighted by molar-refractivity contribution is 8.02. The number of carbonyl (C=O) groups excluding carboxylic acids is 3. The summed E-state index contributed by atoms with van der Waals surface area (Å²) in [7, 11) is 0. The minimum absolute atomic E-state index is 0.0486. The van der Waals surface area contributed by atoms with Gasteiger partial charge in [-0.1, -0.05) is 60.7 Å². The van der Waals surface area contributed by atoms with E-state index in [9.17, 15) is 19.5 Å². The first kappa shape index (κ1) is 27.5. The smallest absolute Gasteiger partial charge is 0.248 e. The van der Waals surface area contributed by atoms with E-state index < -0.39 is 28.7 Å². The number of para-hydroxylation sites is 1. The molecule has 0 aromatic heterocycles. The van der Waals surface area contributed by atoms with E-state index in [4.69, 9.17) is 0 Å². The number of carbonyl (C=O) groups is 3. The predicted molar refractivity (Wildman–Crippen MR) is 162 cm³/mol. The van der Waals surface area contributed by atoms with Gasteiger partial charge in [-0.2, -0.15) is 0 Å². The number of aryl methyl sites for hydroxylation is 2. The maximum Gasteiger partial charge on any atom is 0.248 e. The van der Waals surface area contributed by atoms with Gasteiger partial charge in [0.1, 0.15) is 6.04 Å². The van der Waals surface area contributed by atoms with Crippen LogP contribution in [0.15, 0.2) is 78.9 Å². The normalized spacial score (nSPS) is 27.0. The zero-order chi connectivity index (χ0) is 28.7. The van der Waals surface area contributed by atoms with Crippen LogP contribution in [0.1, 0.15) is 29.5 Å². The third kappa shape index (κ3) is 4.83. The van der Waals surface area contributed by atoms with Gasteiger partial charge in [-0.3, -0.25) is 14.4 Å². The number of aliphatic hydroxyl groups excluding tert-OH is 1. The molecule has 3 heterocycles. The Balaban J connectivity index is 1.38. The molecule has 3 saturated heterocycles. The Bertz CT molecular complexity index is 1470. The summed E-state index contributed by atoms with van der Waals surface area (Å²) < 4.78 is -0.744. The number of nitrogens with one attached hydrogen (secondary N) is 2. The van der Waals surface area contributed by atoms with Gasteiger partial charge in [-0.25, -0.2) is 0 Å². The zero-order valence-corrected chi connectivity index (χ0v) is 24.1. The van der Waals surface area contributed by atoms with Crippen molar-refractivity contribution in [2.24, 2.45) is 11.8 Å². The number of amides is 3. The van der Waals surface area contributed by atoms with Crippen LogP contribution in [-0.2, 0) is 20.8 Å². The van der Waals surface area contributed by atoms with E-state index in [1.165, 1.54) is 0 Å². The maximum absolute atomic E-state index is 14.5. The Hall–Kier alpha value is -3.62. The molecule has 2 bridgehead atoms. The second-order valence-electron chi connectivity index (χ2n) is 11.5. The molecular weight excluding hydrogens is 534 g/mol. The Labute approximate surface area is 244 Å². The molecule has 0 aliphatic carbocycles. The summed E-state index contributed by atoms with van der Waals surface area (Å²) in [6.07, 6.45) is 1.83. The van der Waals surface area contributed by atoms with Crippen LogP contribution in [0.2, 0.25) is 0 Å². The topological polar surface area (TPSA) is 98.7 Å². The van der Waals surface area contributed by atoms with E-state index in [-0.39, 0.29) is 29.6 Å². The molecule has 6 atom stereocenters. The summed E-state index contributed by atoms with van der Waals surface area (Å²) in [6, 6.07) is 23.5. The molecule has 41 heavy (non-hydrogen) atoms. The quantitative estimate of drug-likeness (QED) is 0.369. The van der Waals surface area contributed by atoms with Gasteiger partial charge in [0.15, 0.2) is 0 Å². The van der Waals surface area contributed by atoms with Gasteiger partial charge in [-0.15, -0.1) is 11.8 Å². The molecule has 1 spiro atoms. The number of fused-ring (bicyclic) bond motifs is 1. The Morgan fingerprint density at radius 3 is 2.41 bits per heavy atom. The van der Waals surface area contributed by atoms with Gasteiger partial charge in [0.25, 0.3) is 0 Å². The van der Waals surface area contributed by atoms with Crippen molar-refractivity contribution >= 4 is 40.9 Å². The van der Waals surface area contributed by atoms with Crippen LogP contribution in [-0.4, -0.2) is 56.4 Å². The van der Waals surface area contributed by atoms with E-state index >= 15 is 0 Å². The van der Waals surface area contributed by atoms with E-state index in [1.807, 2.05) is 92.7 Å². The van der Waals surface area contributed by atoms with Crippen LogP contribution in [0.5, 0.6) is 0 Å². The summed E-state index contributed by atoms with van der Waals surface area (Å²) in [5.41, 5.74) is 4.32. The van der Waals surface area contributed by atoms with Gasteiger partial charge in [0, 0.05) is 16.6 Å². The fraction of sp³-hybridized carbons (Fsp3) is 0.364. The fourth-order valence-electron chi connectivity index (χ4n) is 7.04. The molecule has 3 aliphatic rings. The van der Waals surface area contributed by atoms with E-state index in [1.54, 1.807) is 16.7 Å². The Kier molecular flexibility index (Phi) is 7.38. The Morgan fingerprint density at radius 1 is 1.00 bits per heavy atom. The number of rotatable bonds is 8. The first-order chi connectivity index (χ1) is 19.8. The molecule has 212 valence electrons. The van der Waals surface area contributed by atoms with Crippen LogP contribution in [0.25, 0.3) is 0 Å². The first-order valence-electron chi connectivity index (χ1n) is 14.2. The van der Waals surface area contributed by atoms with Gasteiger partial charge in [0.05, 0.1) is 29.2 Å². The molecule has 3 aliphatic heterocycles. The van der Waals surface area contributed by atoms with Gasteiger partial charge < -0.3 is 20.6 Å². The van der Waals surface area contributed by atoms with Crippen molar-refractivity contribution in [3.63, 3.8) is 0 Å². The molecule has 8 heteroatoms. The van der Waals surface area contributed by atoms with Gasteiger partial charge >= 0.3 is 0 Å². The number of benzene rings is 3. The lowest BCUT2D eigenvalue weighted by Gasteiger charge is -2.37. The Morgan fingerprint density at radius 2 is 1.71 bits per heavy atom. The minimum Gasteiger partial charge on any atom is -0.394 e. The fourth-order valence-corrected chi connectivity index (χ4v) is 9.25. The monoisotopic (exact) mass is 569 g/mol. The lowest BCUT2D eigenvalue weighted by molar-refractivity contribution is -0.141. The number of aliphatic hydroxyl groups is 1. The molecule has 3 aromatic rings. The highest BCUT2D eigenvalue weighted by atomic mass is 32.2. The summed E-state index contributed by atoms with van der Waals surface area (Å²) in [4.78, 5) is 44.1. The van der Waals surface area contributed by atoms with Crippen molar-refractivity contribution in [3.8, 4) is 0 Å². The number of nitrogens with zero attached hydrogens (tertiary/aromatic N) is 1. The molecular formula is C33H35N3O4S. The summed E-state index contributed by atoms with van der Waals surface area (Å²) >= 11 is 1.63. The van der Waals surface area contributed by atoms with Crippen molar-refractivity contribution in [1.29, 1.82) is 0 Å². The summed E-state index contributed by atoms with van der Waals surface area (Å²) in [5, 5.41) is 16.7. The number of thioether (sulfide) groups is 1. The highest BCUT2D eigenvalue weighted by Gasteiger charge is 2.74. The molecule has 6 rings (SSSR count). The van der Waals surface area contributed by atoms with Crippen molar-refractivity contribution in [3.05, 3.63) is 95.6 Å². The molecule has 3 aromatic carbocycles. The van der Waals surface area contributed by atoms with Crippen LogP contribution < -0.4 is 10.6 Å². The highest BCUT2D eigenvalue weighted by Crippen LogP contribution is 2.66. The van der Waals surface area contributed by atoms with Gasteiger partial charge in [-0.05, 0) is 68.0 Å². The molecule has 3 N–H and O–H groups in total. The second kappa shape index (κ2) is 11.0. The second-order valence-corrected chi connectivity index (χ2v) is 13.1. The largest absolute Gasteiger partial charge is 0.394 e. The van der Waals surface area contributed by atoms with Crippen molar-refractivity contribution in [2.75, 3.05) is 17.2 Å². The number of hydrogen-bond acceptors (Lipinski definition) is 5. The molecule has 0 radical (unpaired) electrons. The van der Waals surface area contributed by atoms with E-state index in [0.717, 1.165) is 23.1 Å². The number of likely N-dealkylation sites (tertiary alicyclic amines) is 1. The van der Waals surface area contributed by atoms with Gasteiger partial charge in [0.2, 0.25) is 17.7 Å². The van der Waals surface area contributed by atoms with Crippen LogP contribution in [0, 0.1) is 25.7 Å². The predicted octanol–water partition coefficient (Wildman–Crippen LogP) is 4.58. The zero-order valence-electron chi connectivity index (χ0n) is 23.2. The van der Waals surface area contributed by atoms with E-state index in [2.05, 4.69) is 10.6 Å². The average molecular weight is 570 g/mol. The average Bonchev–Trinajstić information content (AvgIpc) is 3.62. The molecule has 7 nitrogen and oxygen atoms in total. The lowest BCUT2D eigenvalue weighted by Crippen LogP contribution is -2.55. The summed E-state index contributed by atoms with van der Waals surface area (Å²) in [6.45, 7) is 3.63. The standard InChI is InChI=1S/C33H35N3O4S/c1-20-13-14-21(2)25(17-20)35-31(39)29-33-16-15-26(41-33)27(30(38)34-23-11-7-4-8-12-23)28(33)32(40)36(29)24(19-37)18-22-9-5-3-6-10-22/h3-14,17,24,26-29,37H,15-16,18-19H2,1-2H3,(H,34,38)(H,35,39)/t24-,26-,27+,28+,29?,33?/m1/s1. The lowest BCUT2D eigenvalue weighted by atomic mass is 9.70. The van der Waals surface area contributed by atoms with E-state index in [0.29, 0.717) is 24.2 Å². The third-order valence-corrected chi connectivity index (χ3v) is 10.9. The molecule has 3 fully saturated rings. The van der Waals surface area contributed by atoms with Crippen molar-refractivity contribution < 1.29 is 19.5 Å². The summed E-state index contributed by atoms with van der Waals surface area (Å²) in [5.74, 6) is -1.87. The SMILES string of the molecule is Cc1ccc(C)c(NC(=O)C2N([C@@H](CO)Cc3ccccc3)C(=O)[C@@H]3[C@@H](C(=O)Nc4ccccc4)[C@H]4CCC23S4)c1. The molecule has 2 unspecified atom stereocenters. The van der Waals surface area contributed by atoms with Crippen LogP contribution in [0.3, 0.4) is 0 Å². The molecule has 0 saturated carbocycles. The van der Waals surface area contributed by atoms with Crippen molar-refractivity contribution in [1.82, 2.24) is 4.90 Å². The van der Waals surface area contributed by atoms with Crippen LogP contribution >= 0.6 is 11.8 Å². The number of anilines is 2. The third-order valence-electron chi connectivity index (χ3n) is 8.90. The minimum atomic E-state index is -0.815. The first-order valence-corrected chi connectivity index (χ1v) is 15.1. The number of hydrogen-bond donors (Lipinski definition) is 3. The van der Waals surface area contributed by atoms with Crippen molar-refractivity contribution in [2.45, 2.75) is 55.2 Å². The molecule has 3 amide bonds. The van der Waals surface area contributed by atoms with Crippen LogP contribution in [0.4, 0.5) is 11.4 Å². The maximum atomic E-state index is 14.5.